The zero-order valence-electron chi connectivity index (χ0n) is 17.8. The summed E-state index contributed by atoms with van der Waals surface area (Å²) in [6.45, 7) is 2.00. The molecule has 0 radical (unpaired) electrons. The van der Waals surface area contributed by atoms with Crippen LogP contribution in [0.2, 0.25) is 0 Å². The molecule has 2 aromatic carbocycles. The molecule has 1 aliphatic heterocycles. The smallest absolute Gasteiger partial charge is 0.338 e. The molecule has 1 aliphatic rings. The standard InChI is InChI=1S/C26H20N2O3S2/c1-2-31-25(30)21-22(18-9-5-3-6-10-18)27-26-28(23(21)19-11-7-4-8-12-19)24(29)20(33-26)15-17-13-14-32-16-17/h3-16,23H,2H2,1H3/b20-15+/t23-/m1/s1. The Bertz CT molecular complexity index is 1500. The van der Waals surface area contributed by atoms with Gasteiger partial charge >= 0.3 is 5.97 Å². The van der Waals surface area contributed by atoms with Crippen LogP contribution >= 0.6 is 22.7 Å². The van der Waals surface area contributed by atoms with Crippen LogP contribution < -0.4 is 14.9 Å². The largest absolute Gasteiger partial charge is 0.463 e. The molecule has 3 heterocycles. The summed E-state index contributed by atoms with van der Waals surface area (Å²) in [6, 6.07) is 20.5. The monoisotopic (exact) mass is 472 g/mol. The fraction of sp³-hybridized carbons (Fsp3) is 0.115. The van der Waals surface area contributed by atoms with E-state index in [1.807, 2.05) is 83.6 Å². The first kappa shape index (κ1) is 21.3. The quantitative estimate of drug-likeness (QED) is 0.413. The summed E-state index contributed by atoms with van der Waals surface area (Å²) in [6.07, 6.45) is 1.87. The van der Waals surface area contributed by atoms with Crippen molar-refractivity contribution in [2.45, 2.75) is 13.0 Å². The van der Waals surface area contributed by atoms with Crippen LogP contribution in [0.15, 0.2) is 92.9 Å². The van der Waals surface area contributed by atoms with E-state index in [2.05, 4.69) is 0 Å². The molecule has 0 aliphatic carbocycles. The summed E-state index contributed by atoms with van der Waals surface area (Å²) in [7, 11) is 0. The van der Waals surface area contributed by atoms with Crippen molar-refractivity contribution in [3.8, 4) is 0 Å². The lowest BCUT2D eigenvalue weighted by atomic mass is 9.93. The molecule has 5 rings (SSSR count). The number of thiophene rings is 1. The first-order valence-electron chi connectivity index (χ1n) is 10.5. The molecular formula is C26H20N2O3S2. The fourth-order valence-electron chi connectivity index (χ4n) is 3.90. The normalized spacial score (nSPS) is 15.8. The Morgan fingerprint density at radius 1 is 1.09 bits per heavy atom. The molecule has 33 heavy (non-hydrogen) atoms. The van der Waals surface area contributed by atoms with Crippen molar-refractivity contribution >= 4 is 40.4 Å². The van der Waals surface area contributed by atoms with Crippen LogP contribution in [0.25, 0.3) is 11.8 Å². The van der Waals surface area contributed by atoms with Gasteiger partial charge in [-0.05, 0) is 41.0 Å². The van der Waals surface area contributed by atoms with Gasteiger partial charge in [-0.1, -0.05) is 72.0 Å². The average Bonchev–Trinajstić information content (AvgIpc) is 3.47. The first-order valence-corrected chi connectivity index (χ1v) is 12.3. The summed E-state index contributed by atoms with van der Waals surface area (Å²) in [5.74, 6) is -0.471. The van der Waals surface area contributed by atoms with Crippen LogP contribution in [0.1, 0.15) is 29.7 Å². The van der Waals surface area contributed by atoms with Gasteiger partial charge in [-0.3, -0.25) is 9.36 Å². The number of nitrogens with zero attached hydrogens (tertiary/aromatic N) is 2. The van der Waals surface area contributed by atoms with Gasteiger partial charge in [0, 0.05) is 5.56 Å². The van der Waals surface area contributed by atoms with Gasteiger partial charge in [-0.25, -0.2) is 9.79 Å². The first-order chi connectivity index (χ1) is 16.2. The number of esters is 1. The van der Waals surface area contributed by atoms with Gasteiger partial charge in [0.15, 0.2) is 4.80 Å². The lowest BCUT2D eigenvalue weighted by Gasteiger charge is -2.25. The van der Waals surface area contributed by atoms with Crippen LogP contribution in [-0.4, -0.2) is 17.1 Å². The van der Waals surface area contributed by atoms with Gasteiger partial charge in [0.05, 0.1) is 28.5 Å². The number of carbonyl (C=O) groups is 1. The van der Waals surface area contributed by atoms with Crippen molar-refractivity contribution < 1.29 is 9.53 Å². The van der Waals surface area contributed by atoms with Crippen LogP contribution in [0, 0.1) is 0 Å². The molecule has 5 nitrogen and oxygen atoms in total. The number of ether oxygens (including phenoxy) is 1. The van der Waals surface area contributed by atoms with Gasteiger partial charge in [0.1, 0.15) is 0 Å². The third-order valence-corrected chi connectivity index (χ3v) is 7.01. The molecule has 0 spiro atoms. The zero-order chi connectivity index (χ0) is 22.8. The summed E-state index contributed by atoms with van der Waals surface area (Å²) in [5.41, 5.74) is 3.32. The molecule has 0 saturated carbocycles. The van der Waals surface area contributed by atoms with Gasteiger partial charge in [-0.2, -0.15) is 11.3 Å². The van der Waals surface area contributed by atoms with Gasteiger partial charge < -0.3 is 4.74 Å². The highest BCUT2D eigenvalue weighted by molar-refractivity contribution is 7.08. The van der Waals surface area contributed by atoms with Gasteiger partial charge in [0.2, 0.25) is 0 Å². The van der Waals surface area contributed by atoms with Crippen molar-refractivity contribution in [1.29, 1.82) is 0 Å². The predicted molar refractivity (Wildman–Crippen MR) is 132 cm³/mol. The maximum atomic E-state index is 13.6. The number of hydrogen-bond acceptors (Lipinski definition) is 6. The van der Waals surface area contributed by atoms with E-state index in [0.29, 0.717) is 20.6 Å². The topological polar surface area (TPSA) is 60.7 Å². The van der Waals surface area contributed by atoms with E-state index in [9.17, 15) is 9.59 Å². The summed E-state index contributed by atoms with van der Waals surface area (Å²) >= 11 is 2.91. The van der Waals surface area contributed by atoms with E-state index >= 15 is 0 Å². The highest BCUT2D eigenvalue weighted by atomic mass is 32.1. The molecule has 0 unspecified atom stereocenters. The van der Waals surface area contributed by atoms with Crippen LogP contribution in [0.5, 0.6) is 0 Å². The molecule has 0 amide bonds. The minimum atomic E-state index is -0.638. The van der Waals surface area contributed by atoms with Crippen LogP contribution in [0.3, 0.4) is 0 Å². The number of benzene rings is 2. The van der Waals surface area contributed by atoms with Gasteiger partial charge in [0.25, 0.3) is 5.56 Å². The number of thiazole rings is 1. The Hall–Kier alpha value is -3.55. The molecule has 0 fully saturated rings. The lowest BCUT2D eigenvalue weighted by Crippen LogP contribution is -2.39. The minimum Gasteiger partial charge on any atom is -0.463 e. The van der Waals surface area contributed by atoms with Crippen molar-refractivity contribution in [3.63, 3.8) is 0 Å². The Morgan fingerprint density at radius 2 is 1.82 bits per heavy atom. The molecule has 2 aromatic heterocycles. The van der Waals surface area contributed by atoms with Crippen molar-refractivity contribution in [1.82, 2.24) is 4.57 Å². The number of rotatable bonds is 5. The number of fused-ring (bicyclic) bond motifs is 1. The van der Waals surface area contributed by atoms with E-state index in [-0.39, 0.29) is 12.2 Å². The maximum absolute atomic E-state index is 13.6. The van der Waals surface area contributed by atoms with E-state index in [4.69, 9.17) is 9.73 Å². The van der Waals surface area contributed by atoms with Crippen molar-refractivity contribution in [2.75, 3.05) is 6.61 Å². The van der Waals surface area contributed by atoms with Crippen LogP contribution in [0.4, 0.5) is 0 Å². The highest BCUT2D eigenvalue weighted by Crippen LogP contribution is 2.34. The molecule has 1 atom stereocenters. The SMILES string of the molecule is CCOC(=O)C1=C(c2ccccc2)N=c2s/c(=C/c3ccsc3)c(=O)n2[C@@H]1c1ccccc1. The number of carbonyl (C=O) groups excluding carboxylic acids is 1. The Kier molecular flexibility index (Phi) is 5.90. The van der Waals surface area contributed by atoms with Crippen molar-refractivity contribution in [2.24, 2.45) is 4.99 Å². The maximum Gasteiger partial charge on any atom is 0.338 e. The number of hydrogen-bond donors (Lipinski definition) is 0. The number of aromatic nitrogens is 1. The van der Waals surface area contributed by atoms with Crippen LogP contribution in [-0.2, 0) is 9.53 Å². The molecule has 0 bridgehead atoms. The molecule has 0 N–H and O–H groups in total. The van der Waals surface area contributed by atoms with Gasteiger partial charge in [-0.15, -0.1) is 0 Å². The Labute approximate surface area is 198 Å². The third-order valence-electron chi connectivity index (χ3n) is 5.33. The summed E-state index contributed by atoms with van der Waals surface area (Å²) < 4.78 is 7.65. The third kappa shape index (κ3) is 4.01. The summed E-state index contributed by atoms with van der Waals surface area (Å²) in [4.78, 5) is 32.3. The molecule has 164 valence electrons. The van der Waals surface area contributed by atoms with E-state index in [0.717, 1.165) is 16.7 Å². The lowest BCUT2D eigenvalue weighted by molar-refractivity contribution is -0.138. The summed E-state index contributed by atoms with van der Waals surface area (Å²) in [5, 5.41) is 3.97. The molecule has 0 saturated heterocycles. The zero-order valence-corrected chi connectivity index (χ0v) is 19.4. The van der Waals surface area contributed by atoms with Crippen molar-refractivity contribution in [3.05, 3.63) is 119 Å². The second-order valence-electron chi connectivity index (χ2n) is 7.40. The van der Waals surface area contributed by atoms with E-state index < -0.39 is 12.0 Å². The minimum absolute atomic E-state index is 0.173. The second kappa shape index (κ2) is 9.13. The fourth-order valence-corrected chi connectivity index (χ4v) is 5.52. The Morgan fingerprint density at radius 3 is 2.48 bits per heavy atom. The highest BCUT2D eigenvalue weighted by Gasteiger charge is 2.34. The molecular weight excluding hydrogens is 452 g/mol. The van der Waals surface area contributed by atoms with E-state index in [1.54, 1.807) is 22.8 Å². The molecule has 4 aromatic rings. The predicted octanol–water partition coefficient (Wildman–Crippen LogP) is 4.00. The average molecular weight is 473 g/mol. The Balaban J connectivity index is 1.85. The van der Waals surface area contributed by atoms with E-state index in [1.165, 1.54) is 11.3 Å². The second-order valence-corrected chi connectivity index (χ2v) is 9.19. The molecule has 7 heteroatoms.